The molecule has 1 unspecified atom stereocenters. The third-order valence-electron chi connectivity index (χ3n) is 5.63. The van der Waals surface area contributed by atoms with E-state index in [4.69, 9.17) is 18.5 Å². The number of aromatic nitrogens is 2. The monoisotopic (exact) mass is 561 g/mol. The quantitative estimate of drug-likeness (QED) is 0.273. The van der Waals surface area contributed by atoms with E-state index in [0.29, 0.717) is 0 Å². The average molecular weight is 561 g/mol. The first-order chi connectivity index (χ1) is 17.6. The Morgan fingerprint density at radius 3 is 2.50 bits per heavy atom. The van der Waals surface area contributed by atoms with Crippen LogP contribution < -0.4 is 20.9 Å². The molecule has 2 heterocycles. The third-order valence-corrected chi connectivity index (χ3v) is 7.25. The number of rotatable bonds is 11. The number of nitrogens with one attached hydrogen (secondary N) is 2. The first-order valence-electron chi connectivity index (χ1n) is 11.7. The van der Waals surface area contributed by atoms with E-state index >= 15 is 8.78 Å². The third kappa shape index (κ3) is 6.94. The van der Waals surface area contributed by atoms with Crippen LogP contribution in [0.2, 0.25) is 0 Å². The summed E-state index contributed by atoms with van der Waals surface area (Å²) in [6.45, 7) is 3.55. The number of aliphatic hydroxyl groups excluding tert-OH is 1. The minimum absolute atomic E-state index is 0.0409. The molecule has 1 aliphatic heterocycles. The van der Waals surface area contributed by atoms with Crippen molar-refractivity contribution in [1.29, 1.82) is 0 Å². The Hall–Kier alpha value is -2.90. The molecule has 0 bridgehead atoms. The molecule has 210 valence electrons. The van der Waals surface area contributed by atoms with Crippen LogP contribution in [0.4, 0.5) is 8.78 Å². The van der Waals surface area contributed by atoms with Gasteiger partial charge in [-0.05, 0) is 39.8 Å². The largest absolute Gasteiger partial charge is 0.462 e. The van der Waals surface area contributed by atoms with Crippen LogP contribution in [0.5, 0.6) is 5.75 Å². The Morgan fingerprint density at radius 1 is 1.24 bits per heavy atom. The summed E-state index contributed by atoms with van der Waals surface area (Å²) in [6, 6.07) is 7.41. The second-order valence-electron chi connectivity index (χ2n) is 9.22. The van der Waals surface area contributed by atoms with E-state index < -0.39 is 74.0 Å². The zero-order valence-electron chi connectivity index (χ0n) is 21.1. The Morgan fingerprint density at radius 2 is 1.89 bits per heavy atom. The van der Waals surface area contributed by atoms with Crippen molar-refractivity contribution < 1.29 is 41.8 Å². The molecule has 3 N–H and O–H groups in total. The lowest BCUT2D eigenvalue weighted by Crippen LogP contribution is -2.48. The highest BCUT2D eigenvalue weighted by atomic mass is 31.2. The van der Waals surface area contributed by atoms with Gasteiger partial charge in [0.2, 0.25) is 0 Å². The summed E-state index contributed by atoms with van der Waals surface area (Å²) in [4.78, 5) is 37.5. The van der Waals surface area contributed by atoms with E-state index in [1.165, 1.54) is 19.1 Å². The molecule has 2 aromatic rings. The molecule has 0 saturated carbocycles. The highest BCUT2D eigenvalue weighted by Crippen LogP contribution is 2.49. The second kappa shape index (κ2) is 11.5. The number of carbonyl (C=O) groups is 1. The van der Waals surface area contributed by atoms with Gasteiger partial charge < -0.3 is 19.1 Å². The molecule has 1 aromatic carbocycles. The van der Waals surface area contributed by atoms with E-state index in [1.807, 2.05) is 4.98 Å². The predicted octanol–water partition coefficient (Wildman–Crippen LogP) is 1.82. The molecule has 1 aliphatic rings. The first kappa shape index (κ1) is 29.7. The number of alkyl halides is 2. The van der Waals surface area contributed by atoms with Crippen molar-refractivity contribution in [2.24, 2.45) is 0 Å². The van der Waals surface area contributed by atoms with Gasteiger partial charge in [0.05, 0.1) is 12.6 Å². The van der Waals surface area contributed by atoms with Crippen LogP contribution in [0.25, 0.3) is 0 Å². The second-order valence-corrected chi connectivity index (χ2v) is 10.9. The number of ether oxygens (including phenoxy) is 2. The van der Waals surface area contributed by atoms with Gasteiger partial charge in [0.1, 0.15) is 24.5 Å². The minimum atomic E-state index is -4.56. The summed E-state index contributed by atoms with van der Waals surface area (Å²) < 4.78 is 66.5. The Balaban J connectivity index is 1.81. The lowest BCUT2D eigenvalue weighted by atomic mass is 9.94. The number of H-pyrrole nitrogens is 1. The van der Waals surface area contributed by atoms with Crippen LogP contribution >= 0.6 is 7.75 Å². The van der Waals surface area contributed by atoms with E-state index in [1.54, 1.807) is 32.0 Å². The van der Waals surface area contributed by atoms with Gasteiger partial charge in [-0.3, -0.25) is 23.7 Å². The highest BCUT2D eigenvalue weighted by Gasteiger charge is 2.64. The summed E-state index contributed by atoms with van der Waals surface area (Å²) in [6.07, 6.45) is -3.57. The summed E-state index contributed by atoms with van der Waals surface area (Å²) >= 11 is 0. The molecular formula is C23H30F2N3O9P. The normalized spacial score (nSPS) is 27.6. The molecule has 1 aromatic heterocycles. The van der Waals surface area contributed by atoms with Crippen molar-refractivity contribution in [3.8, 4) is 5.75 Å². The average Bonchev–Trinajstić information content (AvgIpc) is 3.00. The van der Waals surface area contributed by atoms with Crippen molar-refractivity contribution in [3.63, 3.8) is 0 Å². The molecule has 1 fully saturated rings. The van der Waals surface area contributed by atoms with Crippen LogP contribution in [0, 0.1) is 0 Å². The molecule has 38 heavy (non-hydrogen) atoms. The van der Waals surface area contributed by atoms with Gasteiger partial charge in [0, 0.05) is 12.3 Å². The number of hydrogen-bond donors (Lipinski definition) is 3. The molecule has 15 heteroatoms. The fourth-order valence-corrected chi connectivity index (χ4v) is 5.12. The standard InChI is InChI=1S/C23H30F2N3O9P/c1-14(2)35-19(30)15(3)27-38(33,37-16-8-6-5-7-9-16)34-13-23(25)20(31)22(4,24)17(36-23)12-28-11-10-18(29)26-21(28)32/h5-11,14-15,17,20,31H,12-13H2,1-4H3,(H,27,33)(H,26,29,32)/t15-,17-,20-,22-,23+,38?/m0/s1. The number of hydrogen-bond acceptors (Lipinski definition) is 9. The summed E-state index contributed by atoms with van der Waals surface area (Å²) in [5, 5.41) is 12.8. The van der Waals surface area contributed by atoms with Crippen molar-refractivity contribution >= 4 is 13.7 Å². The molecule has 12 nitrogen and oxygen atoms in total. The number of aliphatic hydroxyl groups is 1. The van der Waals surface area contributed by atoms with E-state index in [9.17, 15) is 24.1 Å². The number of benzene rings is 1. The Bertz CT molecular complexity index is 1290. The Kier molecular flexibility index (Phi) is 8.94. The summed E-state index contributed by atoms with van der Waals surface area (Å²) in [7, 11) is -4.56. The maximum absolute atomic E-state index is 15.8. The Labute approximate surface area is 216 Å². The lowest BCUT2D eigenvalue weighted by molar-refractivity contribution is -0.193. The predicted molar refractivity (Wildman–Crippen MR) is 130 cm³/mol. The van der Waals surface area contributed by atoms with Gasteiger partial charge in [-0.1, -0.05) is 18.2 Å². The number of nitrogens with zero attached hydrogens (tertiary/aromatic N) is 1. The van der Waals surface area contributed by atoms with Crippen LogP contribution in [0.15, 0.2) is 52.2 Å². The van der Waals surface area contributed by atoms with E-state index in [2.05, 4.69) is 5.09 Å². The molecule has 0 amide bonds. The summed E-state index contributed by atoms with van der Waals surface area (Å²) in [5.41, 5.74) is -4.32. The van der Waals surface area contributed by atoms with Crippen LogP contribution in [-0.2, 0) is 29.9 Å². The molecule has 6 atom stereocenters. The maximum atomic E-state index is 15.8. The first-order valence-corrected chi connectivity index (χ1v) is 13.2. The molecule has 0 spiro atoms. The van der Waals surface area contributed by atoms with Crippen LogP contribution in [0.1, 0.15) is 27.7 Å². The smallest absolute Gasteiger partial charge is 0.459 e. The maximum Gasteiger partial charge on any atom is 0.459 e. The topological polar surface area (TPSA) is 158 Å². The molecule has 0 aliphatic carbocycles. The number of para-hydroxylation sites is 1. The van der Waals surface area contributed by atoms with E-state index in [0.717, 1.165) is 23.8 Å². The zero-order valence-corrected chi connectivity index (χ0v) is 22.0. The van der Waals surface area contributed by atoms with Crippen molar-refractivity contribution in [2.45, 2.75) is 70.1 Å². The van der Waals surface area contributed by atoms with Gasteiger partial charge in [-0.15, -0.1) is 0 Å². The van der Waals surface area contributed by atoms with Crippen molar-refractivity contribution in [2.75, 3.05) is 6.61 Å². The molecule has 3 rings (SSSR count). The highest BCUT2D eigenvalue weighted by molar-refractivity contribution is 7.52. The lowest BCUT2D eigenvalue weighted by Gasteiger charge is -2.28. The zero-order chi connectivity index (χ0) is 28.3. The fraction of sp³-hybridized carbons (Fsp3) is 0.522. The van der Waals surface area contributed by atoms with Gasteiger partial charge >= 0.3 is 19.4 Å². The molecular weight excluding hydrogens is 531 g/mol. The number of halogens is 2. The van der Waals surface area contributed by atoms with Crippen LogP contribution in [0.3, 0.4) is 0 Å². The summed E-state index contributed by atoms with van der Waals surface area (Å²) in [5.74, 6) is -3.99. The molecule has 1 saturated heterocycles. The molecule has 0 radical (unpaired) electrons. The van der Waals surface area contributed by atoms with Gasteiger partial charge in [0.25, 0.3) is 11.4 Å². The number of esters is 1. The SMILES string of the molecule is CC(C)OC(=O)[C@H](C)NP(=O)(OC[C@@]1(F)O[C@@H](Cn2ccc(=O)[nH]c2=O)[C@](C)(F)[C@@H]1O)Oc1ccccc1. The van der Waals surface area contributed by atoms with Gasteiger partial charge in [-0.2, -0.15) is 5.09 Å². The fourth-order valence-electron chi connectivity index (χ4n) is 3.62. The van der Waals surface area contributed by atoms with Crippen molar-refractivity contribution in [1.82, 2.24) is 14.6 Å². The number of aromatic amines is 1. The minimum Gasteiger partial charge on any atom is -0.462 e. The van der Waals surface area contributed by atoms with Gasteiger partial charge in [-0.25, -0.2) is 18.1 Å². The van der Waals surface area contributed by atoms with Gasteiger partial charge in [0.15, 0.2) is 11.8 Å². The van der Waals surface area contributed by atoms with E-state index in [-0.39, 0.29) is 5.75 Å². The number of carbonyl (C=O) groups excluding carboxylic acids is 1. The van der Waals surface area contributed by atoms with Crippen molar-refractivity contribution in [3.05, 3.63) is 63.4 Å². The van der Waals surface area contributed by atoms with Crippen LogP contribution in [-0.4, -0.2) is 63.1 Å².